The maximum Gasteiger partial charge on any atom is 0.265 e. The van der Waals surface area contributed by atoms with Gasteiger partial charge >= 0.3 is 0 Å². The summed E-state index contributed by atoms with van der Waals surface area (Å²) in [5.41, 5.74) is -1.39. The quantitative estimate of drug-likeness (QED) is 0.140. The van der Waals surface area contributed by atoms with Crippen molar-refractivity contribution >= 4 is 23.0 Å². The zero-order valence-corrected chi connectivity index (χ0v) is 29.7. The number of hydrogen-bond donors (Lipinski definition) is 2. The second kappa shape index (κ2) is 11.9. The van der Waals surface area contributed by atoms with E-state index in [1.807, 2.05) is 72.6 Å². The largest absolute Gasteiger partial charge is 0.486 e. The number of ketones is 3. The number of likely N-dealkylation sites (tertiary alicyclic amines) is 1. The van der Waals surface area contributed by atoms with Gasteiger partial charge in [-0.05, 0) is 61.0 Å². The molecule has 1 aromatic heterocycles. The summed E-state index contributed by atoms with van der Waals surface area (Å²) in [4.78, 5) is 48.6. The smallest absolute Gasteiger partial charge is 0.265 e. The Kier molecular flexibility index (Phi) is 7.37. The summed E-state index contributed by atoms with van der Waals surface area (Å²) in [6, 6.07) is 17.8. The van der Waals surface area contributed by atoms with Crippen LogP contribution in [0.4, 0.5) is 10.1 Å². The molecule has 0 radical (unpaired) electrons. The van der Waals surface area contributed by atoms with Gasteiger partial charge in [0, 0.05) is 30.3 Å². The minimum absolute atomic E-state index is 0.000894. The van der Waals surface area contributed by atoms with E-state index in [0.29, 0.717) is 17.8 Å². The Balaban J connectivity index is 1.08. The molecule has 54 heavy (non-hydrogen) atoms. The summed E-state index contributed by atoms with van der Waals surface area (Å²) in [6.07, 6.45) is 2.65. The SMILES string of the molecule is C=CCN1C2c3onc(OCc4ccccc4)c3C(=O)C3(O)C(=O)C4C(=O)c5c(c(F)c6c(c5OCc5ccccc5)NCC5CCN(C)C65)CC4CC213. The Hall–Kier alpha value is -5.17. The number of carbonyl (C=O) groups excluding carboxylic acids is 3. The lowest BCUT2D eigenvalue weighted by Crippen LogP contribution is -2.69. The van der Waals surface area contributed by atoms with Gasteiger partial charge in [-0.1, -0.05) is 66.7 Å². The molecule has 3 aromatic carbocycles. The molecule has 1 saturated carbocycles. The van der Waals surface area contributed by atoms with E-state index in [9.17, 15) is 14.7 Å². The van der Waals surface area contributed by atoms with E-state index >= 15 is 9.18 Å². The van der Waals surface area contributed by atoms with Crippen LogP contribution in [-0.2, 0) is 24.4 Å². The van der Waals surface area contributed by atoms with Crippen LogP contribution in [0.25, 0.3) is 0 Å². The van der Waals surface area contributed by atoms with Crippen molar-refractivity contribution in [1.29, 1.82) is 0 Å². The van der Waals surface area contributed by atoms with E-state index < -0.39 is 52.2 Å². The number of hydrogen-bond acceptors (Lipinski definition) is 11. The predicted molar refractivity (Wildman–Crippen MR) is 193 cm³/mol. The lowest BCUT2D eigenvalue weighted by molar-refractivity contribution is -0.148. The zero-order chi connectivity index (χ0) is 37.1. The monoisotopic (exact) mass is 730 g/mol. The molecule has 2 N–H and O–H groups in total. The van der Waals surface area contributed by atoms with Crippen molar-refractivity contribution in [3.05, 3.63) is 118 Å². The summed E-state index contributed by atoms with van der Waals surface area (Å²) in [5, 5.41) is 20.2. The van der Waals surface area contributed by atoms with Crippen molar-refractivity contribution in [2.24, 2.45) is 17.8 Å². The highest BCUT2D eigenvalue weighted by Crippen LogP contribution is 2.70. The maximum absolute atomic E-state index is 17.3. The Morgan fingerprint density at radius 1 is 1.04 bits per heavy atom. The maximum atomic E-state index is 17.3. The van der Waals surface area contributed by atoms with E-state index in [1.165, 1.54) is 0 Å². The van der Waals surface area contributed by atoms with E-state index in [2.05, 4.69) is 22.0 Å². The van der Waals surface area contributed by atoms with Crippen LogP contribution in [-0.4, -0.2) is 75.2 Å². The van der Waals surface area contributed by atoms with Gasteiger partial charge in [0.15, 0.2) is 23.1 Å². The van der Waals surface area contributed by atoms with Gasteiger partial charge in [0.25, 0.3) is 5.88 Å². The van der Waals surface area contributed by atoms with Gasteiger partial charge in [-0.15, -0.1) is 6.58 Å². The summed E-state index contributed by atoms with van der Waals surface area (Å²) < 4.78 is 35.5. The fourth-order valence-electron chi connectivity index (χ4n) is 10.5. The number of nitrogens with one attached hydrogen (secondary N) is 1. The third kappa shape index (κ3) is 4.32. The van der Waals surface area contributed by atoms with Crippen molar-refractivity contribution in [2.75, 3.05) is 32.0 Å². The molecule has 3 fully saturated rings. The number of benzene rings is 3. The molecule has 12 heteroatoms. The van der Waals surface area contributed by atoms with Crippen LogP contribution >= 0.6 is 0 Å². The van der Waals surface area contributed by atoms with Gasteiger partial charge in [-0.25, -0.2) is 4.39 Å². The lowest BCUT2D eigenvalue weighted by atomic mass is 9.54. The second-order valence-corrected chi connectivity index (χ2v) is 15.6. The van der Waals surface area contributed by atoms with Crippen LogP contribution in [0.15, 0.2) is 77.8 Å². The molecular formula is C42H39FN4O7. The van der Waals surface area contributed by atoms with Crippen LogP contribution in [0.5, 0.6) is 11.6 Å². The number of aromatic nitrogens is 1. The highest BCUT2D eigenvalue weighted by molar-refractivity contribution is 6.28. The van der Waals surface area contributed by atoms with Crippen molar-refractivity contribution in [2.45, 2.75) is 55.7 Å². The fraction of sp³-hybridized carbons (Fsp3) is 0.381. The first kappa shape index (κ1) is 33.4. The highest BCUT2D eigenvalue weighted by atomic mass is 19.1. The Labute approximate surface area is 310 Å². The minimum Gasteiger partial charge on any atom is -0.486 e. The van der Waals surface area contributed by atoms with Crippen molar-refractivity contribution in [1.82, 2.24) is 15.0 Å². The van der Waals surface area contributed by atoms with Gasteiger partial charge in [0.1, 0.15) is 24.6 Å². The van der Waals surface area contributed by atoms with E-state index in [4.69, 9.17) is 14.0 Å². The molecule has 2 saturated heterocycles. The number of Topliss-reactive ketones (excluding diaryl/α,β-unsaturated/α-hetero) is 3. The normalized spacial score (nSPS) is 31.5. The molecule has 0 bridgehead atoms. The fourth-order valence-corrected chi connectivity index (χ4v) is 10.5. The van der Waals surface area contributed by atoms with Gasteiger partial charge < -0.3 is 24.4 Å². The molecule has 3 aliphatic heterocycles. The Morgan fingerprint density at radius 2 is 1.74 bits per heavy atom. The number of anilines is 1. The van der Waals surface area contributed by atoms with Crippen LogP contribution < -0.4 is 14.8 Å². The summed E-state index contributed by atoms with van der Waals surface area (Å²) in [7, 11) is 1.99. The number of fused-ring (bicyclic) bond motifs is 7. The zero-order valence-electron chi connectivity index (χ0n) is 29.7. The summed E-state index contributed by atoms with van der Waals surface area (Å²) >= 11 is 0. The molecule has 4 aromatic rings. The molecule has 276 valence electrons. The Bertz CT molecular complexity index is 2260. The van der Waals surface area contributed by atoms with Gasteiger partial charge in [0.2, 0.25) is 11.4 Å². The first-order valence-corrected chi connectivity index (χ1v) is 18.6. The molecule has 8 unspecified atom stereocenters. The predicted octanol–water partition coefficient (Wildman–Crippen LogP) is 5.24. The summed E-state index contributed by atoms with van der Waals surface area (Å²) in [6.45, 7) is 5.67. The lowest BCUT2D eigenvalue weighted by Gasteiger charge is -2.48. The van der Waals surface area contributed by atoms with E-state index in [1.54, 1.807) is 6.08 Å². The number of halogens is 1. The van der Waals surface area contributed by atoms with Crippen LogP contribution in [0.2, 0.25) is 0 Å². The molecule has 4 heterocycles. The number of nitrogens with zero attached hydrogens (tertiary/aromatic N) is 3. The molecule has 0 amide bonds. The molecule has 11 nitrogen and oxygen atoms in total. The average Bonchev–Trinajstić information content (AvgIpc) is 3.41. The van der Waals surface area contributed by atoms with Crippen LogP contribution in [0.3, 0.4) is 0 Å². The topological polar surface area (TPSA) is 134 Å². The Morgan fingerprint density at radius 3 is 2.44 bits per heavy atom. The first-order valence-electron chi connectivity index (χ1n) is 18.6. The summed E-state index contributed by atoms with van der Waals surface area (Å²) in [5.74, 6) is -4.61. The standard InChI is InChI=1S/C42H39FN4O7/c1-3-15-47-37-36-30(40(45-54-36)53-21-23-12-8-5-9-13-23)39(50)42(51)38(49)27-25(18-41(37,42)47)17-26-28(34(27)48)35(52-20-22-10-6-4-7-11-22)32-29(31(26)43)33-24(19-44-32)14-16-46(33)2/h3-13,24-25,27,33,37,44,51H,1,14-21H2,2H3. The van der Waals surface area contributed by atoms with Crippen LogP contribution in [0.1, 0.15) is 73.7 Å². The van der Waals surface area contributed by atoms with Gasteiger partial charge in [-0.2, -0.15) is 0 Å². The molecule has 10 rings (SSSR count). The number of rotatable bonds is 8. The highest BCUT2D eigenvalue weighted by Gasteiger charge is 2.85. The third-order valence-corrected chi connectivity index (χ3v) is 12.9. The van der Waals surface area contributed by atoms with Crippen molar-refractivity contribution in [3.63, 3.8) is 0 Å². The van der Waals surface area contributed by atoms with Gasteiger partial charge in [0.05, 0.1) is 28.7 Å². The first-order chi connectivity index (χ1) is 26.2. The average molecular weight is 731 g/mol. The number of aliphatic hydroxyl groups is 1. The van der Waals surface area contributed by atoms with E-state index in [0.717, 1.165) is 24.1 Å². The van der Waals surface area contributed by atoms with Crippen LogP contribution in [0, 0.1) is 23.6 Å². The molecular weight excluding hydrogens is 691 g/mol. The second-order valence-electron chi connectivity index (χ2n) is 15.6. The van der Waals surface area contributed by atoms with Gasteiger partial charge in [-0.3, -0.25) is 24.2 Å². The third-order valence-electron chi connectivity index (χ3n) is 12.9. The molecule has 1 spiro atoms. The molecule has 6 aliphatic rings. The minimum atomic E-state index is -2.63. The van der Waals surface area contributed by atoms with Crippen molar-refractivity contribution in [3.8, 4) is 11.6 Å². The number of carbonyl (C=O) groups is 3. The number of ether oxygens (including phenoxy) is 2. The molecule has 8 atom stereocenters. The van der Waals surface area contributed by atoms with Crippen molar-refractivity contribution < 1.29 is 37.9 Å². The molecule has 3 aliphatic carbocycles. The van der Waals surface area contributed by atoms with E-state index in [-0.39, 0.29) is 78.6 Å².